The van der Waals surface area contributed by atoms with Gasteiger partial charge in [0.25, 0.3) is 0 Å². The van der Waals surface area contributed by atoms with E-state index in [2.05, 4.69) is 43.8 Å². The van der Waals surface area contributed by atoms with Crippen LogP contribution in [-0.2, 0) is 6.54 Å². The molecule has 1 aliphatic heterocycles. The molecule has 0 spiro atoms. The van der Waals surface area contributed by atoms with Crippen molar-refractivity contribution in [3.05, 3.63) is 48.6 Å². The van der Waals surface area contributed by atoms with Gasteiger partial charge in [0, 0.05) is 5.56 Å². The number of benzene rings is 1. The third-order valence-corrected chi connectivity index (χ3v) is 3.26. The second-order valence-corrected chi connectivity index (χ2v) is 4.37. The van der Waals surface area contributed by atoms with Crippen molar-refractivity contribution >= 4 is 0 Å². The predicted molar refractivity (Wildman–Crippen MR) is 59.8 cm³/mol. The molecule has 0 N–H and O–H groups in total. The largest absolute Gasteiger partial charge is 0.305 e. The molecule has 2 atom stereocenters. The maximum absolute atomic E-state index is 3.85. The maximum Gasteiger partial charge on any atom is 0.136 e. The molecule has 1 nitrogen and oxygen atoms in total. The Bertz CT molecular complexity index is 317. The Balaban J connectivity index is 2.07. The molecule has 0 aliphatic carbocycles. The van der Waals surface area contributed by atoms with Gasteiger partial charge in [-0.1, -0.05) is 36.9 Å². The molecular formula is C13H18N+. The van der Waals surface area contributed by atoms with Crippen LogP contribution in [0.3, 0.4) is 0 Å². The summed E-state index contributed by atoms with van der Waals surface area (Å²) < 4.78 is 1.20. The number of hydrogen-bond donors (Lipinski definition) is 0. The Hall–Kier alpha value is -1.08. The van der Waals surface area contributed by atoms with Crippen LogP contribution in [0.25, 0.3) is 0 Å². The topological polar surface area (TPSA) is 0 Å². The lowest BCUT2D eigenvalue weighted by molar-refractivity contribution is -0.820. The molecule has 0 amide bonds. The number of rotatable bonds is 4. The highest BCUT2D eigenvalue weighted by Crippen LogP contribution is 2.33. The van der Waals surface area contributed by atoms with E-state index < -0.39 is 0 Å². The van der Waals surface area contributed by atoms with E-state index >= 15 is 0 Å². The first kappa shape index (κ1) is 9.47. The molecule has 2 rings (SSSR count). The quantitative estimate of drug-likeness (QED) is 0.387. The normalized spacial score (nSPS) is 29.9. The summed E-state index contributed by atoms with van der Waals surface area (Å²) in [6.07, 6.45) is 2.05. The van der Waals surface area contributed by atoms with Crippen molar-refractivity contribution in [1.29, 1.82) is 0 Å². The minimum absolute atomic E-state index is 0.813. The highest BCUT2D eigenvalue weighted by atomic mass is 15.5. The van der Waals surface area contributed by atoms with E-state index in [-0.39, 0.29) is 0 Å². The monoisotopic (exact) mass is 188 g/mol. The second-order valence-electron chi connectivity index (χ2n) is 4.37. The molecule has 1 fully saturated rings. The van der Waals surface area contributed by atoms with Crippen molar-refractivity contribution < 1.29 is 4.48 Å². The zero-order valence-electron chi connectivity index (χ0n) is 8.82. The van der Waals surface area contributed by atoms with Crippen molar-refractivity contribution in [2.75, 3.05) is 13.1 Å². The molecule has 1 unspecified atom stereocenters. The highest BCUT2D eigenvalue weighted by Gasteiger charge is 2.50. The minimum atomic E-state index is 0.813. The first-order chi connectivity index (χ1) is 6.77. The lowest BCUT2D eigenvalue weighted by atomic mass is 10.2. The molecule has 1 saturated heterocycles. The number of hydrogen-bond acceptors (Lipinski definition) is 0. The molecule has 14 heavy (non-hydrogen) atoms. The molecule has 1 aromatic rings. The average Bonchev–Trinajstić information content (AvgIpc) is 2.78. The van der Waals surface area contributed by atoms with Crippen LogP contribution < -0.4 is 0 Å². The summed E-state index contributed by atoms with van der Waals surface area (Å²) in [6, 6.07) is 11.6. The first-order valence-electron chi connectivity index (χ1n) is 5.27. The molecule has 1 aromatic carbocycles. The average molecular weight is 188 g/mol. The fourth-order valence-corrected chi connectivity index (χ4v) is 2.22. The van der Waals surface area contributed by atoms with Gasteiger partial charge in [0.2, 0.25) is 0 Å². The van der Waals surface area contributed by atoms with Crippen LogP contribution in [0.15, 0.2) is 43.0 Å². The Labute approximate surface area is 86.3 Å². The van der Waals surface area contributed by atoms with Crippen molar-refractivity contribution in [2.45, 2.75) is 19.5 Å². The standard InChI is InChI=1S/C13H18N/c1-3-9-14(10-12(14)2)11-13-7-5-4-6-8-13/h3-8,12H,1,9-11H2,2H3/q+1/t12-,14?/m0/s1. The van der Waals surface area contributed by atoms with Gasteiger partial charge < -0.3 is 4.48 Å². The van der Waals surface area contributed by atoms with Gasteiger partial charge in [0.15, 0.2) is 0 Å². The summed E-state index contributed by atoms with van der Waals surface area (Å²) in [5.74, 6) is 0. The van der Waals surface area contributed by atoms with E-state index in [0.29, 0.717) is 0 Å². The lowest BCUT2D eigenvalue weighted by Gasteiger charge is -2.18. The van der Waals surface area contributed by atoms with Crippen LogP contribution in [0.4, 0.5) is 0 Å². The molecule has 74 valence electrons. The minimum Gasteiger partial charge on any atom is -0.305 e. The van der Waals surface area contributed by atoms with Crippen molar-refractivity contribution in [3.8, 4) is 0 Å². The van der Waals surface area contributed by atoms with E-state index in [0.717, 1.165) is 19.1 Å². The molecule has 0 aromatic heterocycles. The fraction of sp³-hybridized carbons (Fsp3) is 0.385. The lowest BCUT2D eigenvalue weighted by Crippen LogP contribution is -2.27. The van der Waals surface area contributed by atoms with E-state index in [1.54, 1.807) is 0 Å². The van der Waals surface area contributed by atoms with Crippen molar-refractivity contribution in [3.63, 3.8) is 0 Å². The zero-order valence-corrected chi connectivity index (χ0v) is 8.82. The Kier molecular flexibility index (Phi) is 2.42. The summed E-state index contributed by atoms with van der Waals surface area (Å²) in [4.78, 5) is 0. The SMILES string of the molecule is C=CC[N+]1(Cc2ccccc2)C[C@@H]1C. The van der Waals surface area contributed by atoms with Crippen LogP contribution in [0.2, 0.25) is 0 Å². The van der Waals surface area contributed by atoms with E-state index in [1.807, 2.05) is 6.08 Å². The van der Waals surface area contributed by atoms with E-state index in [9.17, 15) is 0 Å². The van der Waals surface area contributed by atoms with Gasteiger partial charge in [-0.05, 0) is 13.0 Å². The zero-order chi connectivity index (χ0) is 10.0. The van der Waals surface area contributed by atoms with Gasteiger partial charge in [-0.25, -0.2) is 0 Å². The second kappa shape index (κ2) is 3.58. The summed E-state index contributed by atoms with van der Waals surface area (Å²) in [6.45, 7) is 9.75. The number of quaternary nitrogens is 1. The fourth-order valence-electron chi connectivity index (χ4n) is 2.22. The van der Waals surface area contributed by atoms with Gasteiger partial charge in [-0.3, -0.25) is 0 Å². The van der Waals surface area contributed by atoms with Gasteiger partial charge in [0.1, 0.15) is 19.1 Å². The first-order valence-corrected chi connectivity index (χ1v) is 5.27. The Morgan fingerprint density at radius 3 is 2.57 bits per heavy atom. The highest BCUT2D eigenvalue weighted by molar-refractivity contribution is 5.14. The summed E-state index contributed by atoms with van der Waals surface area (Å²) in [5.41, 5.74) is 1.44. The van der Waals surface area contributed by atoms with Crippen molar-refractivity contribution in [2.24, 2.45) is 0 Å². The molecule has 0 radical (unpaired) electrons. The van der Waals surface area contributed by atoms with Crippen LogP contribution in [-0.4, -0.2) is 23.6 Å². The third-order valence-electron chi connectivity index (χ3n) is 3.26. The van der Waals surface area contributed by atoms with Crippen molar-refractivity contribution in [1.82, 2.24) is 0 Å². The summed E-state index contributed by atoms with van der Waals surface area (Å²) in [5, 5.41) is 0. The number of nitrogens with zero attached hydrogens (tertiary/aromatic N) is 1. The molecule has 0 saturated carbocycles. The van der Waals surface area contributed by atoms with E-state index in [4.69, 9.17) is 0 Å². The summed E-state index contributed by atoms with van der Waals surface area (Å²) >= 11 is 0. The van der Waals surface area contributed by atoms with Gasteiger partial charge in [0.05, 0.1) is 6.54 Å². The third kappa shape index (κ3) is 1.73. The maximum atomic E-state index is 3.85. The Morgan fingerprint density at radius 2 is 2.07 bits per heavy atom. The van der Waals surface area contributed by atoms with Gasteiger partial charge in [-0.15, -0.1) is 0 Å². The van der Waals surface area contributed by atoms with E-state index in [1.165, 1.54) is 16.6 Å². The van der Waals surface area contributed by atoms with Crippen LogP contribution in [0.5, 0.6) is 0 Å². The van der Waals surface area contributed by atoms with Gasteiger partial charge >= 0.3 is 0 Å². The van der Waals surface area contributed by atoms with Crippen LogP contribution in [0, 0.1) is 0 Å². The van der Waals surface area contributed by atoms with Gasteiger partial charge in [-0.2, -0.15) is 0 Å². The molecule has 1 heterocycles. The summed E-state index contributed by atoms with van der Waals surface area (Å²) in [7, 11) is 0. The molecule has 1 aliphatic rings. The molecular weight excluding hydrogens is 170 g/mol. The predicted octanol–water partition coefficient (Wildman–Crippen LogP) is 2.59. The molecule has 1 heteroatoms. The van der Waals surface area contributed by atoms with Crippen LogP contribution >= 0.6 is 0 Å². The van der Waals surface area contributed by atoms with Crippen LogP contribution in [0.1, 0.15) is 12.5 Å². The molecule has 0 bridgehead atoms. The smallest absolute Gasteiger partial charge is 0.136 e. The Morgan fingerprint density at radius 1 is 1.43 bits per heavy atom.